The molecular formula is C21H28BN3O3. The molecule has 1 amide bonds. The molecule has 4 rings (SSSR count). The number of carbonyl (C=O) groups is 1. The zero-order valence-electron chi connectivity index (χ0n) is 17.1. The van der Waals surface area contributed by atoms with Gasteiger partial charge in [-0.05, 0) is 64.1 Å². The summed E-state index contributed by atoms with van der Waals surface area (Å²) < 4.78 is 14.1. The fraction of sp³-hybridized carbons (Fsp3) is 0.524. The molecule has 1 aromatic heterocycles. The first-order valence-corrected chi connectivity index (χ1v) is 10.0. The maximum atomic E-state index is 12.4. The maximum Gasteiger partial charge on any atom is 0.494 e. The predicted molar refractivity (Wildman–Crippen MR) is 108 cm³/mol. The molecule has 0 atom stereocenters. The summed E-state index contributed by atoms with van der Waals surface area (Å²) in [7, 11) is -0.370. The van der Waals surface area contributed by atoms with Gasteiger partial charge in [0.15, 0.2) is 0 Å². The molecule has 1 N–H and O–H groups in total. The Morgan fingerprint density at radius 2 is 1.82 bits per heavy atom. The van der Waals surface area contributed by atoms with Crippen LogP contribution in [0, 0.1) is 0 Å². The summed E-state index contributed by atoms with van der Waals surface area (Å²) in [5.74, 6) is -0.128. The first kappa shape index (κ1) is 19.2. The molecule has 28 heavy (non-hydrogen) atoms. The zero-order chi connectivity index (χ0) is 19.9. The van der Waals surface area contributed by atoms with Crippen molar-refractivity contribution in [1.29, 1.82) is 0 Å². The Kier molecular flexibility index (Phi) is 4.84. The van der Waals surface area contributed by atoms with E-state index in [4.69, 9.17) is 9.31 Å². The van der Waals surface area contributed by atoms with E-state index < -0.39 is 0 Å². The third-order valence-corrected chi connectivity index (χ3v) is 6.11. The average Bonchev–Trinajstić information content (AvgIpc) is 3.18. The second kappa shape index (κ2) is 7.05. The van der Waals surface area contributed by atoms with E-state index >= 15 is 0 Å². The van der Waals surface area contributed by atoms with Crippen LogP contribution in [0.15, 0.2) is 30.3 Å². The monoisotopic (exact) mass is 381 g/mol. The molecule has 148 valence electrons. The molecule has 6 nitrogen and oxygen atoms in total. The number of aromatic nitrogens is 2. The maximum absolute atomic E-state index is 12.4. The van der Waals surface area contributed by atoms with Gasteiger partial charge in [-0.2, -0.15) is 5.10 Å². The summed E-state index contributed by atoms with van der Waals surface area (Å²) in [4.78, 5) is 12.4. The molecule has 0 unspecified atom stereocenters. The molecular weight excluding hydrogens is 353 g/mol. The van der Waals surface area contributed by atoms with Gasteiger partial charge in [0.1, 0.15) is 5.69 Å². The first-order valence-electron chi connectivity index (χ1n) is 10.0. The van der Waals surface area contributed by atoms with E-state index in [0.29, 0.717) is 12.2 Å². The molecule has 0 aliphatic carbocycles. The van der Waals surface area contributed by atoms with E-state index in [-0.39, 0.29) is 24.2 Å². The largest absolute Gasteiger partial charge is 0.494 e. The highest BCUT2D eigenvalue weighted by molar-refractivity contribution is 6.62. The molecule has 7 heteroatoms. The average molecular weight is 381 g/mol. The number of nitrogens with one attached hydrogen (secondary N) is 1. The molecule has 2 aliphatic heterocycles. The number of aryl methyl sites for hydroxylation is 2. The SMILES string of the molecule is CC1(C)OB(c2ccc(CNC(=O)c3cc4n(n3)CCCC4)cc2)OC1(C)C. The van der Waals surface area contributed by atoms with Crippen LogP contribution in [0.2, 0.25) is 0 Å². The smallest absolute Gasteiger partial charge is 0.399 e. The number of nitrogens with zero attached hydrogens (tertiary/aromatic N) is 2. The number of rotatable bonds is 4. The van der Waals surface area contributed by atoms with Crippen LogP contribution in [0.5, 0.6) is 0 Å². The summed E-state index contributed by atoms with van der Waals surface area (Å²) in [5.41, 5.74) is 2.96. The number of fused-ring (bicyclic) bond motifs is 1. The van der Waals surface area contributed by atoms with Crippen LogP contribution in [-0.4, -0.2) is 34.0 Å². The minimum atomic E-state index is -0.370. The molecule has 0 spiro atoms. The van der Waals surface area contributed by atoms with Crippen LogP contribution in [0.3, 0.4) is 0 Å². The van der Waals surface area contributed by atoms with Crippen LogP contribution in [0.4, 0.5) is 0 Å². The first-order chi connectivity index (χ1) is 13.2. The lowest BCUT2D eigenvalue weighted by molar-refractivity contribution is 0.00578. The Labute approximate surface area is 166 Å². The number of carbonyl (C=O) groups excluding carboxylic acids is 1. The van der Waals surface area contributed by atoms with Crippen molar-refractivity contribution in [3.63, 3.8) is 0 Å². The second-order valence-electron chi connectivity index (χ2n) is 8.71. The van der Waals surface area contributed by atoms with Crippen molar-refractivity contribution in [1.82, 2.24) is 15.1 Å². The van der Waals surface area contributed by atoms with Crippen molar-refractivity contribution < 1.29 is 14.1 Å². The van der Waals surface area contributed by atoms with Gasteiger partial charge >= 0.3 is 7.12 Å². The third-order valence-electron chi connectivity index (χ3n) is 6.11. The lowest BCUT2D eigenvalue weighted by Crippen LogP contribution is -2.41. The van der Waals surface area contributed by atoms with Gasteiger partial charge in [-0.1, -0.05) is 24.3 Å². The van der Waals surface area contributed by atoms with E-state index in [1.807, 2.05) is 62.7 Å². The minimum absolute atomic E-state index is 0.128. The van der Waals surface area contributed by atoms with Crippen molar-refractivity contribution in [2.24, 2.45) is 0 Å². The van der Waals surface area contributed by atoms with Crippen molar-refractivity contribution in [3.8, 4) is 0 Å². The molecule has 0 bridgehead atoms. The van der Waals surface area contributed by atoms with E-state index in [1.54, 1.807) is 0 Å². The van der Waals surface area contributed by atoms with Crippen LogP contribution < -0.4 is 10.8 Å². The zero-order valence-corrected chi connectivity index (χ0v) is 17.1. The Balaban J connectivity index is 1.36. The highest BCUT2D eigenvalue weighted by Gasteiger charge is 2.51. The Morgan fingerprint density at radius 1 is 1.14 bits per heavy atom. The molecule has 2 aliphatic rings. The minimum Gasteiger partial charge on any atom is -0.399 e. The second-order valence-corrected chi connectivity index (χ2v) is 8.71. The Morgan fingerprint density at radius 3 is 2.46 bits per heavy atom. The number of hydrogen-bond donors (Lipinski definition) is 1. The number of amides is 1. The summed E-state index contributed by atoms with van der Waals surface area (Å²) in [6.45, 7) is 9.55. The van der Waals surface area contributed by atoms with Gasteiger partial charge in [0.25, 0.3) is 5.91 Å². The summed E-state index contributed by atoms with van der Waals surface area (Å²) in [5, 5.41) is 7.39. The normalized spacial score (nSPS) is 20.1. The van der Waals surface area contributed by atoms with Gasteiger partial charge in [0.05, 0.1) is 11.2 Å². The van der Waals surface area contributed by atoms with Gasteiger partial charge in [-0.25, -0.2) is 0 Å². The molecule has 0 saturated carbocycles. The van der Waals surface area contributed by atoms with E-state index in [2.05, 4.69) is 10.4 Å². The molecule has 1 fully saturated rings. The van der Waals surface area contributed by atoms with Crippen molar-refractivity contribution >= 4 is 18.5 Å². The van der Waals surface area contributed by atoms with Crippen LogP contribution >= 0.6 is 0 Å². The number of benzene rings is 1. The van der Waals surface area contributed by atoms with E-state index in [1.165, 1.54) is 6.42 Å². The number of hydrogen-bond acceptors (Lipinski definition) is 4. The lowest BCUT2D eigenvalue weighted by atomic mass is 9.79. The topological polar surface area (TPSA) is 65.4 Å². The Hall–Kier alpha value is -2.12. The lowest BCUT2D eigenvalue weighted by Gasteiger charge is -2.32. The highest BCUT2D eigenvalue weighted by Crippen LogP contribution is 2.36. The van der Waals surface area contributed by atoms with Crippen LogP contribution in [0.25, 0.3) is 0 Å². The van der Waals surface area contributed by atoms with Gasteiger partial charge in [-0.15, -0.1) is 0 Å². The van der Waals surface area contributed by atoms with Gasteiger partial charge in [0.2, 0.25) is 0 Å². The highest BCUT2D eigenvalue weighted by atomic mass is 16.7. The quantitative estimate of drug-likeness (QED) is 0.827. The van der Waals surface area contributed by atoms with Crippen LogP contribution in [0.1, 0.15) is 62.3 Å². The van der Waals surface area contributed by atoms with Crippen molar-refractivity contribution in [2.45, 2.75) is 71.2 Å². The van der Waals surface area contributed by atoms with E-state index in [9.17, 15) is 4.79 Å². The fourth-order valence-corrected chi connectivity index (χ4v) is 3.57. The molecule has 3 heterocycles. The predicted octanol–water partition coefficient (Wildman–Crippen LogP) is 2.45. The molecule has 1 aromatic carbocycles. The standard InChI is InChI=1S/C21H28BN3O3/c1-20(2)21(3,4)28-22(27-20)16-10-8-15(9-11-16)14-23-19(26)18-13-17-7-5-6-12-25(17)24-18/h8-11,13H,5-7,12,14H2,1-4H3,(H,23,26). The third kappa shape index (κ3) is 3.61. The van der Waals surface area contributed by atoms with E-state index in [0.717, 1.165) is 36.1 Å². The fourth-order valence-electron chi connectivity index (χ4n) is 3.57. The van der Waals surface area contributed by atoms with Crippen LogP contribution in [-0.2, 0) is 28.8 Å². The van der Waals surface area contributed by atoms with Gasteiger partial charge in [0, 0.05) is 18.8 Å². The molecule has 1 saturated heterocycles. The van der Waals surface area contributed by atoms with Crippen molar-refractivity contribution in [3.05, 3.63) is 47.3 Å². The van der Waals surface area contributed by atoms with Gasteiger partial charge in [-0.3, -0.25) is 9.48 Å². The summed E-state index contributed by atoms with van der Waals surface area (Å²) in [6, 6.07) is 9.91. The van der Waals surface area contributed by atoms with Crippen molar-refractivity contribution in [2.75, 3.05) is 0 Å². The molecule has 2 aromatic rings. The summed E-state index contributed by atoms with van der Waals surface area (Å²) in [6.07, 6.45) is 3.30. The van der Waals surface area contributed by atoms with Gasteiger partial charge < -0.3 is 14.6 Å². The summed E-state index contributed by atoms with van der Waals surface area (Å²) >= 11 is 0. The molecule has 0 radical (unpaired) electrons. The Bertz CT molecular complexity index is 834.